The predicted octanol–water partition coefficient (Wildman–Crippen LogP) is 4.44. The lowest BCUT2D eigenvalue weighted by atomic mass is 9.78. The fraction of sp³-hybridized carbons (Fsp3) is 0.368. The molecular formula is C19H19F3N2O3. The van der Waals surface area contributed by atoms with Crippen LogP contribution in [0.25, 0.3) is 0 Å². The van der Waals surface area contributed by atoms with E-state index in [-0.39, 0.29) is 41.2 Å². The van der Waals surface area contributed by atoms with Crippen molar-refractivity contribution < 1.29 is 27.8 Å². The Hall–Kier alpha value is -2.77. The van der Waals surface area contributed by atoms with Crippen LogP contribution in [0, 0.1) is 6.92 Å². The van der Waals surface area contributed by atoms with Gasteiger partial charge in [0.1, 0.15) is 5.75 Å². The summed E-state index contributed by atoms with van der Waals surface area (Å²) in [6.07, 6.45) is -3.78. The number of methoxy groups -OCH3 is 1. The van der Waals surface area contributed by atoms with Crippen molar-refractivity contribution in [1.82, 2.24) is 10.2 Å². The molecule has 5 nitrogen and oxygen atoms in total. The van der Waals surface area contributed by atoms with E-state index in [0.717, 1.165) is 0 Å². The van der Waals surface area contributed by atoms with Crippen molar-refractivity contribution in [3.8, 4) is 5.75 Å². The topological polar surface area (TPSA) is 75.2 Å². The highest BCUT2D eigenvalue weighted by molar-refractivity contribution is 5.99. The van der Waals surface area contributed by atoms with Crippen LogP contribution in [0.4, 0.5) is 13.2 Å². The van der Waals surface area contributed by atoms with E-state index in [1.165, 1.54) is 14.0 Å². The molecule has 144 valence electrons. The van der Waals surface area contributed by atoms with Crippen LogP contribution in [0.1, 0.15) is 47.7 Å². The standard InChI is InChI=1S/C19H19F3N2O3/c1-10-15(18(24-23-10)19(20,21)22)16(11-6-8-12(27-2)9-7-11)17-13(25)4-3-5-14(17)26/h6-9,16,25H,3-5H2,1-2H3,(H,23,24). The Bertz CT molecular complexity index is 883. The van der Waals surface area contributed by atoms with Gasteiger partial charge < -0.3 is 9.84 Å². The number of H-pyrrole nitrogens is 1. The maximum absolute atomic E-state index is 13.6. The second-order valence-electron chi connectivity index (χ2n) is 6.45. The third kappa shape index (κ3) is 3.56. The Morgan fingerprint density at radius 1 is 1.22 bits per heavy atom. The van der Waals surface area contributed by atoms with Gasteiger partial charge >= 0.3 is 6.18 Å². The lowest BCUT2D eigenvalue weighted by molar-refractivity contribution is -0.142. The summed E-state index contributed by atoms with van der Waals surface area (Å²) in [5.41, 5.74) is -0.588. The lowest BCUT2D eigenvalue weighted by Gasteiger charge is -2.25. The molecule has 0 bridgehead atoms. The summed E-state index contributed by atoms with van der Waals surface area (Å²) in [4.78, 5) is 12.6. The third-order valence-corrected chi connectivity index (χ3v) is 4.72. The minimum atomic E-state index is -4.70. The first-order valence-electron chi connectivity index (χ1n) is 8.45. The van der Waals surface area contributed by atoms with Crippen LogP contribution >= 0.6 is 0 Å². The molecule has 1 aromatic carbocycles. The second-order valence-corrected chi connectivity index (χ2v) is 6.45. The molecule has 0 saturated heterocycles. The quantitative estimate of drug-likeness (QED) is 0.822. The van der Waals surface area contributed by atoms with Crippen LogP contribution in [0.2, 0.25) is 0 Å². The first-order chi connectivity index (χ1) is 12.7. The number of Topliss-reactive ketones (excluding diaryl/α,β-unsaturated/α-hetero) is 1. The number of aliphatic hydroxyl groups excluding tert-OH is 1. The van der Waals surface area contributed by atoms with Gasteiger partial charge in [-0.25, -0.2) is 0 Å². The summed E-state index contributed by atoms with van der Waals surface area (Å²) in [5, 5.41) is 16.2. The zero-order chi connectivity index (χ0) is 19.8. The van der Waals surface area contributed by atoms with Crippen LogP contribution in [0.3, 0.4) is 0 Å². The van der Waals surface area contributed by atoms with E-state index in [2.05, 4.69) is 10.2 Å². The van der Waals surface area contributed by atoms with Gasteiger partial charge in [-0.15, -0.1) is 0 Å². The van der Waals surface area contributed by atoms with E-state index < -0.39 is 17.8 Å². The number of halogens is 3. The molecule has 0 aliphatic heterocycles. The Labute approximate surface area is 153 Å². The molecule has 8 heteroatoms. The van der Waals surface area contributed by atoms with Crippen LogP contribution in [-0.4, -0.2) is 28.2 Å². The Morgan fingerprint density at radius 2 is 1.89 bits per heavy atom. The number of rotatable bonds is 4. The summed E-state index contributed by atoms with van der Waals surface area (Å²) >= 11 is 0. The summed E-state index contributed by atoms with van der Waals surface area (Å²) in [6.45, 7) is 1.47. The highest BCUT2D eigenvalue weighted by Gasteiger charge is 2.42. The summed E-state index contributed by atoms with van der Waals surface area (Å²) in [6, 6.07) is 6.41. The first kappa shape index (κ1) is 19.0. The number of aromatic amines is 1. The zero-order valence-electron chi connectivity index (χ0n) is 14.9. The number of benzene rings is 1. The van der Waals surface area contributed by atoms with Crippen LogP contribution in [0.5, 0.6) is 5.75 Å². The van der Waals surface area contributed by atoms with E-state index >= 15 is 0 Å². The number of hydrogen-bond donors (Lipinski definition) is 2. The number of aliphatic hydroxyl groups is 1. The van der Waals surface area contributed by atoms with Crippen molar-refractivity contribution in [3.63, 3.8) is 0 Å². The molecule has 27 heavy (non-hydrogen) atoms. The molecule has 0 saturated carbocycles. The Kier molecular flexibility index (Phi) is 4.99. The van der Waals surface area contributed by atoms with Crippen LogP contribution in [0.15, 0.2) is 35.6 Å². The monoisotopic (exact) mass is 380 g/mol. The summed E-state index contributed by atoms with van der Waals surface area (Å²) in [5.74, 6) is -1.06. The van der Waals surface area contributed by atoms with Crippen molar-refractivity contribution in [3.05, 3.63) is 58.1 Å². The number of carbonyl (C=O) groups is 1. The molecule has 1 unspecified atom stereocenters. The minimum absolute atomic E-state index is 0.00131. The Morgan fingerprint density at radius 3 is 2.44 bits per heavy atom. The van der Waals surface area contributed by atoms with Gasteiger partial charge in [0, 0.05) is 35.6 Å². The van der Waals surface area contributed by atoms with Gasteiger partial charge in [0.05, 0.1) is 12.9 Å². The average molecular weight is 380 g/mol. The van der Waals surface area contributed by atoms with Gasteiger partial charge in [0.2, 0.25) is 0 Å². The molecule has 1 aliphatic carbocycles. The van der Waals surface area contributed by atoms with Gasteiger partial charge in [-0.1, -0.05) is 12.1 Å². The van der Waals surface area contributed by atoms with Gasteiger partial charge in [-0.05, 0) is 31.0 Å². The second kappa shape index (κ2) is 7.09. The van der Waals surface area contributed by atoms with E-state index in [4.69, 9.17) is 4.74 Å². The number of aryl methyl sites for hydroxylation is 1. The third-order valence-electron chi connectivity index (χ3n) is 4.72. The molecule has 0 spiro atoms. The van der Waals surface area contributed by atoms with E-state index in [9.17, 15) is 23.1 Å². The number of allylic oxidation sites excluding steroid dienone is 2. The predicted molar refractivity (Wildman–Crippen MR) is 91.7 cm³/mol. The average Bonchev–Trinajstić information content (AvgIpc) is 3.00. The molecule has 3 rings (SSSR count). The maximum atomic E-state index is 13.6. The summed E-state index contributed by atoms with van der Waals surface area (Å²) in [7, 11) is 1.48. The highest BCUT2D eigenvalue weighted by atomic mass is 19.4. The van der Waals surface area contributed by atoms with E-state index in [1.54, 1.807) is 24.3 Å². The van der Waals surface area contributed by atoms with Gasteiger partial charge in [0.25, 0.3) is 0 Å². The van der Waals surface area contributed by atoms with Crippen molar-refractivity contribution in [2.24, 2.45) is 0 Å². The highest BCUT2D eigenvalue weighted by Crippen LogP contribution is 2.44. The molecule has 1 heterocycles. The molecule has 2 N–H and O–H groups in total. The summed E-state index contributed by atoms with van der Waals surface area (Å²) < 4.78 is 45.8. The van der Waals surface area contributed by atoms with Gasteiger partial charge in [-0.2, -0.15) is 18.3 Å². The first-order valence-corrected chi connectivity index (χ1v) is 8.45. The largest absolute Gasteiger partial charge is 0.512 e. The van der Waals surface area contributed by atoms with Crippen molar-refractivity contribution in [2.45, 2.75) is 38.3 Å². The number of ether oxygens (including phenoxy) is 1. The molecule has 0 fully saturated rings. The number of hydrogen-bond acceptors (Lipinski definition) is 4. The Balaban J connectivity index is 2.26. The van der Waals surface area contributed by atoms with Crippen LogP contribution in [-0.2, 0) is 11.0 Å². The number of carbonyl (C=O) groups excluding carboxylic acids is 1. The zero-order valence-corrected chi connectivity index (χ0v) is 14.9. The number of aromatic nitrogens is 2. The van der Waals surface area contributed by atoms with Crippen molar-refractivity contribution in [2.75, 3.05) is 7.11 Å². The molecule has 1 aromatic heterocycles. The number of alkyl halides is 3. The molecule has 0 radical (unpaired) electrons. The van der Waals surface area contributed by atoms with E-state index in [0.29, 0.717) is 17.7 Å². The van der Waals surface area contributed by atoms with Crippen molar-refractivity contribution >= 4 is 5.78 Å². The smallest absolute Gasteiger partial charge is 0.435 e. The number of ketones is 1. The van der Waals surface area contributed by atoms with Gasteiger partial charge in [-0.3, -0.25) is 9.89 Å². The lowest BCUT2D eigenvalue weighted by Crippen LogP contribution is -2.22. The fourth-order valence-electron chi connectivity index (χ4n) is 3.46. The minimum Gasteiger partial charge on any atom is -0.512 e. The number of nitrogens with zero attached hydrogens (tertiary/aromatic N) is 1. The van der Waals surface area contributed by atoms with E-state index in [1.807, 2.05) is 0 Å². The maximum Gasteiger partial charge on any atom is 0.435 e. The van der Waals surface area contributed by atoms with Crippen LogP contribution < -0.4 is 4.74 Å². The van der Waals surface area contributed by atoms with Crippen molar-refractivity contribution in [1.29, 1.82) is 0 Å². The number of nitrogens with one attached hydrogen (secondary N) is 1. The molecular weight excluding hydrogens is 361 g/mol. The SMILES string of the molecule is COc1ccc(C(C2=C(O)CCCC2=O)c2c(C(F)(F)F)n[nH]c2C)cc1. The normalized spacial score (nSPS) is 16.6. The fourth-order valence-corrected chi connectivity index (χ4v) is 3.46. The van der Waals surface area contributed by atoms with Gasteiger partial charge in [0.15, 0.2) is 11.5 Å². The molecule has 1 atom stereocenters. The molecule has 0 amide bonds. The molecule has 2 aromatic rings. The molecule has 1 aliphatic rings.